The summed E-state index contributed by atoms with van der Waals surface area (Å²) >= 11 is 0. The normalized spacial score (nSPS) is 14.0. The fraction of sp³-hybridized carbons (Fsp3) is 0.176. The predicted octanol–water partition coefficient (Wildman–Crippen LogP) is 6.29. The molecule has 0 N–H and O–H groups in total. The van der Waals surface area contributed by atoms with Crippen LogP contribution in [0.5, 0.6) is 0 Å². The summed E-state index contributed by atoms with van der Waals surface area (Å²) in [6.45, 7) is 0. The Kier molecular flexibility index (Phi) is 5.29. The van der Waals surface area contributed by atoms with Crippen molar-refractivity contribution in [1.29, 1.82) is 0 Å². The smallest absolute Gasteiger partial charge is 0.424 e. The zero-order valence-corrected chi connectivity index (χ0v) is 12.7. The van der Waals surface area contributed by atoms with Gasteiger partial charge in [-0.3, -0.25) is 0 Å². The lowest BCUT2D eigenvalue weighted by molar-refractivity contribution is -0.409. The van der Waals surface area contributed by atoms with E-state index >= 15 is 0 Å². The molecular formula is C17H10F8O. The predicted molar refractivity (Wildman–Crippen MR) is 77.8 cm³/mol. The van der Waals surface area contributed by atoms with Gasteiger partial charge in [0.1, 0.15) is 0 Å². The maximum absolute atomic E-state index is 14.6. The Bertz CT molecular complexity index is 766. The van der Waals surface area contributed by atoms with Gasteiger partial charge in [0.15, 0.2) is 11.6 Å². The van der Waals surface area contributed by atoms with Crippen molar-refractivity contribution in [3.8, 4) is 0 Å². The molecule has 1 nitrogen and oxygen atoms in total. The van der Waals surface area contributed by atoms with Crippen LogP contribution in [0.15, 0.2) is 60.7 Å². The largest absolute Gasteiger partial charge is 0.474 e. The number of benzene rings is 2. The van der Waals surface area contributed by atoms with Crippen LogP contribution < -0.4 is 0 Å². The zero-order valence-electron chi connectivity index (χ0n) is 12.7. The summed E-state index contributed by atoms with van der Waals surface area (Å²) in [7, 11) is 0. The molecule has 26 heavy (non-hydrogen) atoms. The molecule has 0 aromatic heterocycles. The summed E-state index contributed by atoms with van der Waals surface area (Å²) in [6.07, 6.45) is -12.6. The fourth-order valence-corrected chi connectivity index (χ4v) is 1.89. The lowest BCUT2D eigenvalue weighted by Gasteiger charge is -2.29. The highest BCUT2D eigenvalue weighted by Crippen LogP contribution is 2.49. The van der Waals surface area contributed by atoms with Crippen molar-refractivity contribution in [2.45, 2.75) is 18.2 Å². The molecule has 2 rings (SSSR count). The maximum atomic E-state index is 14.6. The third-order valence-electron chi connectivity index (χ3n) is 3.21. The van der Waals surface area contributed by atoms with Crippen molar-refractivity contribution < 1.29 is 39.9 Å². The van der Waals surface area contributed by atoms with Gasteiger partial charge in [0, 0.05) is 11.1 Å². The molecule has 0 spiro atoms. The number of ether oxygens (including phenoxy) is 1. The molecule has 0 heterocycles. The van der Waals surface area contributed by atoms with E-state index in [-0.39, 0.29) is 5.56 Å². The maximum Gasteiger partial charge on any atom is 0.474 e. The van der Waals surface area contributed by atoms with Crippen LogP contribution in [0.4, 0.5) is 35.1 Å². The minimum Gasteiger partial charge on any atom is -0.424 e. The van der Waals surface area contributed by atoms with E-state index in [2.05, 4.69) is 4.74 Å². The highest BCUT2D eigenvalue weighted by atomic mass is 19.4. The summed E-state index contributed by atoms with van der Waals surface area (Å²) in [5.41, 5.74) is -0.774. The van der Waals surface area contributed by atoms with E-state index in [0.29, 0.717) is 0 Å². The van der Waals surface area contributed by atoms with Crippen molar-refractivity contribution in [2.75, 3.05) is 0 Å². The van der Waals surface area contributed by atoms with E-state index in [1.165, 1.54) is 36.4 Å². The molecule has 2 aromatic carbocycles. The molecule has 0 amide bonds. The van der Waals surface area contributed by atoms with Gasteiger partial charge in [-0.05, 0) is 0 Å². The Morgan fingerprint density at radius 3 is 1.50 bits per heavy atom. The van der Waals surface area contributed by atoms with Crippen molar-refractivity contribution in [2.24, 2.45) is 0 Å². The summed E-state index contributed by atoms with van der Waals surface area (Å²) in [5.74, 6) is -9.49. The van der Waals surface area contributed by atoms with Gasteiger partial charge in [-0.25, -0.2) is 4.39 Å². The molecule has 0 unspecified atom stereocenters. The first-order valence-corrected chi connectivity index (χ1v) is 6.99. The van der Waals surface area contributed by atoms with Crippen LogP contribution in [-0.4, -0.2) is 18.2 Å². The van der Waals surface area contributed by atoms with E-state index in [4.69, 9.17) is 0 Å². The molecule has 0 saturated carbocycles. The van der Waals surface area contributed by atoms with E-state index < -0.39 is 35.4 Å². The molecule has 9 heteroatoms. The van der Waals surface area contributed by atoms with E-state index in [1.807, 2.05) is 0 Å². The van der Waals surface area contributed by atoms with Crippen LogP contribution in [0.1, 0.15) is 11.1 Å². The Morgan fingerprint density at radius 1 is 0.654 bits per heavy atom. The van der Waals surface area contributed by atoms with Gasteiger partial charge in [0.2, 0.25) is 0 Å². The molecular weight excluding hydrogens is 372 g/mol. The molecule has 0 saturated heterocycles. The van der Waals surface area contributed by atoms with Gasteiger partial charge in [0.25, 0.3) is 0 Å². The molecule has 0 bridgehead atoms. The lowest BCUT2D eigenvalue weighted by atomic mass is 10.1. The van der Waals surface area contributed by atoms with Gasteiger partial charge in [-0.15, -0.1) is 0 Å². The van der Waals surface area contributed by atoms with E-state index in [0.717, 1.165) is 24.3 Å². The van der Waals surface area contributed by atoms with Gasteiger partial charge in [-0.2, -0.15) is 30.7 Å². The van der Waals surface area contributed by atoms with Crippen molar-refractivity contribution >= 4 is 11.6 Å². The second-order valence-electron chi connectivity index (χ2n) is 5.07. The molecule has 0 fully saturated rings. The van der Waals surface area contributed by atoms with E-state index in [1.54, 1.807) is 0 Å². The summed E-state index contributed by atoms with van der Waals surface area (Å²) < 4.78 is 109. The monoisotopic (exact) mass is 382 g/mol. The van der Waals surface area contributed by atoms with Crippen molar-refractivity contribution in [1.82, 2.24) is 0 Å². The van der Waals surface area contributed by atoms with Crippen LogP contribution in [0.2, 0.25) is 0 Å². The quantitative estimate of drug-likeness (QED) is 0.336. The third-order valence-corrected chi connectivity index (χ3v) is 3.21. The number of hydrogen-bond acceptors (Lipinski definition) is 1. The van der Waals surface area contributed by atoms with Crippen molar-refractivity contribution in [3.63, 3.8) is 0 Å². The second kappa shape index (κ2) is 6.97. The summed E-state index contributed by atoms with van der Waals surface area (Å²) in [4.78, 5) is 0. The number of alkyl halides is 7. The van der Waals surface area contributed by atoms with Crippen molar-refractivity contribution in [3.05, 3.63) is 71.8 Å². The molecule has 0 atom stereocenters. The number of halogens is 8. The minimum atomic E-state index is -6.60. The number of hydrogen-bond donors (Lipinski definition) is 0. The van der Waals surface area contributed by atoms with Crippen LogP contribution in [0.25, 0.3) is 11.6 Å². The Balaban J connectivity index is 2.57. The first-order valence-electron chi connectivity index (χ1n) is 6.99. The molecule has 2 aromatic rings. The SMILES string of the molecule is F/C(=C(/OC(F)(F)C(F)(F)C(F)(F)F)c1ccccc1)c1ccccc1. The zero-order chi connectivity index (χ0) is 19.6. The third kappa shape index (κ3) is 3.81. The lowest BCUT2D eigenvalue weighted by Crippen LogP contribution is -2.53. The van der Waals surface area contributed by atoms with Crippen LogP contribution in [0.3, 0.4) is 0 Å². The molecule has 0 aliphatic carbocycles. The Hall–Kier alpha value is -2.58. The minimum absolute atomic E-state index is 0.336. The molecule has 140 valence electrons. The standard InChI is InChI=1S/C17H10F8O/c18-13(11-7-3-1-4-8-11)14(12-9-5-2-6-10-12)26-17(24,25)15(19,20)16(21,22)23/h1-10H/b14-13+. The van der Waals surface area contributed by atoms with Gasteiger partial charge >= 0.3 is 18.2 Å². The average molecular weight is 382 g/mol. The van der Waals surface area contributed by atoms with Crippen LogP contribution in [0, 0.1) is 0 Å². The topological polar surface area (TPSA) is 9.23 Å². The Morgan fingerprint density at radius 2 is 1.08 bits per heavy atom. The van der Waals surface area contributed by atoms with Gasteiger partial charge in [0.05, 0.1) is 0 Å². The highest BCUT2D eigenvalue weighted by molar-refractivity contribution is 5.83. The first-order chi connectivity index (χ1) is 12.0. The molecule has 0 aliphatic rings. The second-order valence-corrected chi connectivity index (χ2v) is 5.07. The number of rotatable bonds is 5. The van der Waals surface area contributed by atoms with E-state index in [9.17, 15) is 35.1 Å². The summed E-state index contributed by atoms with van der Waals surface area (Å²) in [6, 6.07) is 12.3. The fourth-order valence-electron chi connectivity index (χ4n) is 1.89. The summed E-state index contributed by atoms with van der Waals surface area (Å²) in [5, 5.41) is 0. The highest BCUT2D eigenvalue weighted by Gasteiger charge is 2.76. The average Bonchev–Trinajstić information content (AvgIpc) is 2.59. The van der Waals surface area contributed by atoms with Crippen LogP contribution >= 0.6 is 0 Å². The molecule has 0 aliphatic heterocycles. The Labute approximate surface area is 142 Å². The molecule has 0 radical (unpaired) electrons. The first kappa shape index (κ1) is 19.7. The van der Waals surface area contributed by atoms with Crippen LogP contribution in [-0.2, 0) is 4.74 Å². The van der Waals surface area contributed by atoms with Gasteiger partial charge in [-0.1, -0.05) is 60.7 Å². The van der Waals surface area contributed by atoms with Gasteiger partial charge < -0.3 is 4.74 Å².